The summed E-state index contributed by atoms with van der Waals surface area (Å²) in [4.78, 5) is 20.1. The van der Waals surface area contributed by atoms with Gasteiger partial charge < -0.3 is 30.0 Å². The number of aromatic hydroxyl groups is 1. The standard InChI is InChI=1S/C26H22N4O5/c1-27-23-15-21-22(16-25(23)34-13-12-33-2)28-11-10-24(21)35-20-8-6-17(7-9-20)29-26(32)30-18-4-3-5-19(31)14-18/h3-11,14-16,31H,12-13H2,2H3,(H2,29,30,32). The number of ether oxygens (including phenoxy) is 3. The van der Waals surface area contributed by atoms with Crippen molar-refractivity contribution < 1.29 is 24.1 Å². The molecule has 1 heterocycles. The summed E-state index contributed by atoms with van der Waals surface area (Å²) < 4.78 is 16.7. The van der Waals surface area contributed by atoms with Crippen LogP contribution in [0.1, 0.15) is 0 Å². The van der Waals surface area contributed by atoms with Gasteiger partial charge in [0.05, 0.1) is 18.7 Å². The van der Waals surface area contributed by atoms with Gasteiger partial charge in [0.1, 0.15) is 29.6 Å². The highest BCUT2D eigenvalue weighted by atomic mass is 16.5. The Labute approximate surface area is 201 Å². The van der Waals surface area contributed by atoms with Crippen LogP contribution in [0.4, 0.5) is 21.9 Å². The van der Waals surface area contributed by atoms with E-state index in [1.807, 2.05) is 0 Å². The maximum Gasteiger partial charge on any atom is 0.323 e. The molecule has 0 aliphatic carbocycles. The van der Waals surface area contributed by atoms with E-state index in [1.165, 1.54) is 12.1 Å². The molecule has 0 atom stereocenters. The molecule has 0 aliphatic rings. The minimum Gasteiger partial charge on any atom is -0.508 e. The fraction of sp³-hybridized carbons (Fsp3) is 0.115. The molecule has 176 valence electrons. The number of nitrogens with zero attached hydrogens (tertiary/aromatic N) is 2. The molecule has 0 spiro atoms. The Balaban J connectivity index is 1.47. The smallest absolute Gasteiger partial charge is 0.323 e. The van der Waals surface area contributed by atoms with Crippen LogP contribution in [-0.2, 0) is 4.74 Å². The van der Waals surface area contributed by atoms with E-state index in [1.54, 1.807) is 67.9 Å². The van der Waals surface area contributed by atoms with Gasteiger partial charge >= 0.3 is 6.03 Å². The summed E-state index contributed by atoms with van der Waals surface area (Å²) in [5.74, 6) is 1.58. The van der Waals surface area contributed by atoms with Crippen LogP contribution in [0.15, 0.2) is 72.9 Å². The van der Waals surface area contributed by atoms with Crippen molar-refractivity contribution in [3.05, 3.63) is 84.3 Å². The summed E-state index contributed by atoms with van der Waals surface area (Å²) in [7, 11) is 1.58. The molecule has 0 radical (unpaired) electrons. The van der Waals surface area contributed by atoms with Gasteiger partial charge in [0.25, 0.3) is 0 Å². The van der Waals surface area contributed by atoms with E-state index < -0.39 is 6.03 Å². The molecule has 0 bridgehead atoms. The van der Waals surface area contributed by atoms with E-state index >= 15 is 0 Å². The molecular weight excluding hydrogens is 448 g/mol. The predicted molar refractivity (Wildman–Crippen MR) is 133 cm³/mol. The van der Waals surface area contributed by atoms with Crippen LogP contribution in [0.2, 0.25) is 0 Å². The minimum absolute atomic E-state index is 0.0614. The average Bonchev–Trinajstić information content (AvgIpc) is 2.85. The SMILES string of the molecule is [C-]#[N+]c1cc2c(Oc3ccc(NC(=O)Nc4cccc(O)c4)cc3)ccnc2cc1OCCOC. The zero-order valence-electron chi connectivity index (χ0n) is 18.8. The monoisotopic (exact) mass is 470 g/mol. The normalized spacial score (nSPS) is 10.4. The number of nitrogens with one attached hydrogen (secondary N) is 2. The molecule has 9 nitrogen and oxygen atoms in total. The number of amides is 2. The van der Waals surface area contributed by atoms with Gasteiger partial charge in [-0.25, -0.2) is 9.64 Å². The fourth-order valence-electron chi connectivity index (χ4n) is 3.27. The molecule has 35 heavy (non-hydrogen) atoms. The number of fused-ring (bicyclic) bond motifs is 1. The highest BCUT2D eigenvalue weighted by molar-refractivity contribution is 5.99. The molecule has 3 aromatic carbocycles. The average molecular weight is 470 g/mol. The molecule has 4 aromatic rings. The third-order valence-corrected chi connectivity index (χ3v) is 4.89. The lowest BCUT2D eigenvalue weighted by molar-refractivity contribution is 0.147. The third-order valence-electron chi connectivity index (χ3n) is 4.89. The van der Waals surface area contributed by atoms with Crippen LogP contribution in [0.25, 0.3) is 15.7 Å². The number of urea groups is 1. The van der Waals surface area contributed by atoms with Gasteiger partial charge in [-0.05, 0) is 54.6 Å². The number of pyridine rings is 1. The first-order chi connectivity index (χ1) is 17.1. The first kappa shape index (κ1) is 23.4. The van der Waals surface area contributed by atoms with Crippen molar-refractivity contribution >= 4 is 34.0 Å². The molecule has 3 N–H and O–H groups in total. The van der Waals surface area contributed by atoms with Crippen molar-refractivity contribution in [3.63, 3.8) is 0 Å². The molecule has 0 unspecified atom stereocenters. The summed E-state index contributed by atoms with van der Waals surface area (Å²) in [5, 5.41) is 15.5. The predicted octanol–water partition coefficient (Wildman–Crippen LogP) is 5.95. The van der Waals surface area contributed by atoms with Gasteiger partial charge in [-0.1, -0.05) is 6.07 Å². The lowest BCUT2D eigenvalue weighted by atomic mass is 10.1. The topological polar surface area (TPSA) is 106 Å². The Morgan fingerprint density at radius 2 is 1.80 bits per heavy atom. The van der Waals surface area contributed by atoms with Gasteiger partial charge in [0, 0.05) is 36.1 Å². The Morgan fingerprint density at radius 1 is 1.00 bits per heavy atom. The van der Waals surface area contributed by atoms with E-state index in [0.717, 1.165) is 0 Å². The minimum atomic E-state index is -0.445. The van der Waals surface area contributed by atoms with Crippen LogP contribution in [0, 0.1) is 6.57 Å². The molecule has 0 saturated heterocycles. The second-order valence-electron chi connectivity index (χ2n) is 7.36. The Bertz CT molecular complexity index is 1380. The first-order valence-corrected chi connectivity index (χ1v) is 10.6. The first-order valence-electron chi connectivity index (χ1n) is 10.6. The Kier molecular flexibility index (Phi) is 7.25. The lowest BCUT2D eigenvalue weighted by Gasteiger charge is -2.13. The largest absolute Gasteiger partial charge is 0.508 e. The second-order valence-corrected chi connectivity index (χ2v) is 7.36. The van der Waals surface area contributed by atoms with E-state index in [9.17, 15) is 9.90 Å². The number of phenolic OH excluding ortho intramolecular Hbond substituents is 1. The van der Waals surface area contributed by atoms with E-state index in [2.05, 4.69) is 20.5 Å². The van der Waals surface area contributed by atoms with Gasteiger partial charge in [-0.15, -0.1) is 0 Å². The maximum absolute atomic E-state index is 12.2. The summed E-state index contributed by atoms with van der Waals surface area (Å²) in [5.41, 5.74) is 2.01. The molecule has 0 aliphatic heterocycles. The van der Waals surface area contributed by atoms with Gasteiger partial charge in [0.15, 0.2) is 0 Å². The van der Waals surface area contributed by atoms with Crippen LogP contribution in [-0.4, -0.2) is 36.4 Å². The highest BCUT2D eigenvalue weighted by Gasteiger charge is 2.12. The van der Waals surface area contributed by atoms with Crippen LogP contribution >= 0.6 is 0 Å². The molecule has 1 aromatic heterocycles. The number of aromatic nitrogens is 1. The molecule has 0 saturated carbocycles. The van der Waals surface area contributed by atoms with Crippen LogP contribution < -0.4 is 20.1 Å². The molecule has 2 amide bonds. The fourth-order valence-corrected chi connectivity index (χ4v) is 3.27. The Hall–Kier alpha value is -4.81. The van der Waals surface area contributed by atoms with Crippen LogP contribution in [0.5, 0.6) is 23.0 Å². The number of carbonyl (C=O) groups excluding carboxylic acids is 1. The quantitative estimate of drug-likeness (QED) is 0.217. The van der Waals surface area contributed by atoms with Crippen LogP contribution in [0.3, 0.4) is 0 Å². The lowest BCUT2D eigenvalue weighted by Crippen LogP contribution is -2.19. The number of rotatable bonds is 8. The summed E-state index contributed by atoms with van der Waals surface area (Å²) in [6.45, 7) is 8.23. The number of hydrogen-bond donors (Lipinski definition) is 3. The van der Waals surface area contributed by atoms with E-state index in [4.69, 9.17) is 20.8 Å². The van der Waals surface area contributed by atoms with Crippen molar-refractivity contribution in [3.8, 4) is 23.0 Å². The number of benzene rings is 3. The molecule has 4 rings (SSSR count). The van der Waals surface area contributed by atoms with Gasteiger partial charge in [0.2, 0.25) is 5.69 Å². The maximum atomic E-state index is 12.2. The molecule has 0 fully saturated rings. The second kappa shape index (κ2) is 10.9. The summed E-state index contributed by atoms with van der Waals surface area (Å²) in [6, 6.07) is 17.8. The van der Waals surface area contributed by atoms with Crippen molar-refractivity contribution in [1.82, 2.24) is 4.98 Å². The van der Waals surface area contributed by atoms with Crippen molar-refractivity contribution in [2.45, 2.75) is 0 Å². The van der Waals surface area contributed by atoms with Crippen molar-refractivity contribution in [1.29, 1.82) is 0 Å². The van der Waals surface area contributed by atoms with Crippen molar-refractivity contribution in [2.24, 2.45) is 0 Å². The number of anilines is 2. The van der Waals surface area contributed by atoms with E-state index in [0.29, 0.717) is 58.4 Å². The zero-order chi connectivity index (χ0) is 24.6. The highest BCUT2D eigenvalue weighted by Crippen LogP contribution is 2.37. The third kappa shape index (κ3) is 5.96. The molecule has 9 heteroatoms. The zero-order valence-corrected chi connectivity index (χ0v) is 18.8. The summed E-state index contributed by atoms with van der Waals surface area (Å²) >= 11 is 0. The van der Waals surface area contributed by atoms with Crippen molar-refractivity contribution in [2.75, 3.05) is 31.0 Å². The summed E-state index contributed by atoms with van der Waals surface area (Å²) in [6.07, 6.45) is 1.62. The molecular formula is C26H22N4O5. The van der Waals surface area contributed by atoms with Gasteiger partial charge in [-0.3, -0.25) is 4.98 Å². The Morgan fingerprint density at radius 3 is 2.54 bits per heavy atom. The number of hydrogen-bond acceptors (Lipinski definition) is 6. The van der Waals surface area contributed by atoms with Gasteiger partial charge in [-0.2, -0.15) is 0 Å². The number of carbonyl (C=O) groups is 1. The number of phenols is 1. The van der Waals surface area contributed by atoms with E-state index in [-0.39, 0.29) is 5.75 Å². The number of methoxy groups -OCH3 is 1.